The zero-order valence-corrected chi connectivity index (χ0v) is 12.6. The highest BCUT2D eigenvalue weighted by Crippen LogP contribution is 2.25. The monoisotopic (exact) mass is 262 g/mol. The third-order valence-corrected chi connectivity index (χ3v) is 4.19. The van der Waals surface area contributed by atoms with Crippen LogP contribution in [0.15, 0.2) is 12.1 Å². The van der Waals surface area contributed by atoms with E-state index in [9.17, 15) is 0 Å². The van der Waals surface area contributed by atoms with E-state index >= 15 is 0 Å². The van der Waals surface area contributed by atoms with Crippen LogP contribution >= 0.6 is 0 Å². The number of benzene rings is 1. The van der Waals surface area contributed by atoms with E-state index in [-0.39, 0.29) is 0 Å². The molecule has 1 fully saturated rings. The predicted octanol–water partition coefficient (Wildman–Crippen LogP) is 2.15. The summed E-state index contributed by atoms with van der Waals surface area (Å²) >= 11 is 0. The molecule has 1 atom stereocenters. The van der Waals surface area contributed by atoms with Gasteiger partial charge in [-0.15, -0.1) is 0 Å². The molecule has 1 aliphatic rings. The summed E-state index contributed by atoms with van der Waals surface area (Å²) in [5, 5.41) is 3.41. The van der Waals surface area contributed by atoms with Crippen LogP contribution in [0.5, 0.6) is 5.75 Å². The van der Waals surface area contributed by atoms with Crippen molar-refractivity contribution in [2.24, 2.45) is 0 Å². The summed E-state index contributed by atoms with van der Waals surface area (Å²) in [6.07, 6.45) is 1.06. The van der Waals surface area contributed by atoms with Gasteiger partial charge in [-0.05, 0) is 49.9 Å². The number of aryl methyl sites for hydroxylation is 2. The van der Waals surface area contributed by atoms with Crippen molar-refractivity contribution in [3.63, 3.8) is 0 Å². The third kappa shape index (κ3) is 3.48. The van der Waals surface area contributed by atoms with Gasteiger partial charge in [-0.1, -0.05) is 6.07 Å². The van der Waals surface area contributed by atoms with E-state index in [2.05, 4.69) is 43.1 Å². The SMILES string of the molecule is COc1cc(C)c(C)cc1CC(C)N1CCNCC1. The Bertz CT molecular complexity index is 425. The third-order valence-electron chi connectivity index (χ3n) is 4.19. The van der Waals surface area contributed by atoms with Crippen molar-refractivity contribution >= 4 is 0 Å². The first-order valence-corrected chi connectivity index (χ1v) is 7.20. The molecule has 0 aromatic heterocycles. The average molecular weight is 262 g/mol. The number of piperazine rings is 1. The molecule has 106 valence electrons. The first-order chi connectivity index (χ1) is 9.11. The number of nitrogens with one attached hydrogen (secondary N) is 1. The second kappa shape index (κ2) is 6.40. The molecule has 0 spiro atoms. The van der Waals surface area contributed by atoms with E-state index in [1.165, 1.54) is 16.7 Å². The Morgan fingerprint density at radius 3 is 2.47 bits per heavy atom. The van der Waals surface area contributed by atoms with Crippen LogP contribution in [-0.2, 0) is 6.42 Å². The van der Waals surface area contributed by atoms with E-state index in [1.54, 1.807) is 7.11 Å². The van der Waals surface area contributed by atoms with Crippen LogP contribution in [-0.4, -0.2) is 44.2 Å². The normalized spacial score (nSPS) is 18.3. The Morgan fingerprint density at radius 1 is 1.21 bits per heavy atom. The minimum atomic E-state index is 0.568. The molecule has 3 nitrogen and oxygen atoms in total. The summed E-state index contributed by atoms with van der Waals surface area (Å²) in [4.78, 5) is 2.56. The molecule has 1 aliphatic heterocycles. The molecule has 1 saturated heterocycles. The standard InChI is InChI=1S/C16H26N2O/c1-12-9-15(16(19-4)10-13(12)2)11-14(3)18-7-5-17-6-8-18/h9-10,14,17H,5-8,11H2,1-4H3. The number of rotatable bonds is 4. The second-order valence-corrected chi connectivity index (χ2v) is 5.59. The molecule has 3 heteroatoms. The minimum Gasteiger partial charge on any atom is -0.496 e. The van der Waals surface area contributed by atoms with Crippen molar-refractivity contribution in [3.05, 3.63) is 28.8 Å². The number of ether oxygens (including phenoxy) is 1. The number of hydrogen-bond acceptors (Lipinski definition) is 3. The van der Waals surface area contributed by atoms with Gasteiger partial charge in [0, 0.05) is 32.2 Å². The lowest BCUT2D eigenvalue weighted by molar-refractivity contribution is 0.182. The fourth-order valence-electron chi connectivity index (χ4n) is 2.77. The number of nitrogens with zero attached hydrogens (tertiary/aromatic N) is 1. The number of methoxy groups -OCH3 is 1. The first kappa shape index (κ1) is 14.4. The second-order valence-electron chi connectivity index (χ2n) is 5.59. The molecule has 0 radical (unpaired) electrons. The van der Waals surface area contributed by atoms with Gasteiger partial charge in [-0.2, -0.15) is 0 Å². The lowest BCUT2D eigenvalue weighted by Crippen LogP contribution is -2.48. The topological polar surface area (TPSA) is 24.5 Å². The van der Waals surface area contributed by atoms with Crippen LogP contribution in [0.2, 0.25) is 0 Å². The van der Waals surface area contributed by atoms with Crippen LogP contribution in [0.1, 0.15) is 23.6 Å². The largest absolute Gasteiger partial charge is 0.496 e. The maximum Gasteiger partial charge on any atom is 0.122 e. The highest BCUT2D eigenvalue weighted by atomic mass is 16.5. The Hall–Kier alpha value is -1.06. The van der Waals surface area contributed by atoms with Crippen LogP contribution in [0.25, 0.3) is 0 Å². The Labute approximate surface area is 116 Å². The summed E-state index contributed by atoms with van der Waals surface area (Å²) in [6, 6.07) is 5.01. The fourth-order valence-corrected chi connectivity index (χ4v) is 2.77. The highest BCUT2D eigenvalue weighted by molar-refractivity contribution is 5.42. The molecule has 1 aromatic carbocycles. The maximum atomic E-state index is 5.54. The molecule has 0 saturated carbocycles. The molecule has 0 bridgehead atoms. The summed E-state index contributed by atoms with van der Waals surface area (Å²) in [5.41, 5.74) is 3.98. The van der Waals surface area contributed by atoms with Gasteiger partial charge in [0.1, 0.15) is 5.75 Å². The first-order valence-electron chi connectivity index (χ1n) is 7.20. The maximum absolute atomic E-state index is 5.54. The molecule has 0 amide bonds. The molecule has 1 N–H and O–H groups in total. The highest BCUT2D eigenvalue weighted by Gasteiger charge is 2.18. The lowest BCUT2D eigenvalue weighted by atomic mass is 9.99. The Kier molecular flexibility index (Phi) is 4.83. The van der Waals surface area contributed by atoms with Crippen LogP contribution in [0.3, 0.4) is 0 Å². The average Bonchev–Trinajstić information content (AvgIpc) is 2.43. The van der Waals surface area contributed by atoms with Gasteiger partial charge in [0.2, 0.25) is 0 Å². The minimum absolute atomic E-state index is 0.568. The van der Waals surface area contributed by atoms with Gasteiger partial charge in [0.05, 0.1) is 7.11 Å². The van der Waals surface area contributed by atoms with Crippen molar-refractivity contribution in [2.45, 2.75) is 33.2 Å². The Morgan fingerprint density at radius 2 is 1.84 bits per heavy atom. The van der Waals surface area contributed by atoms with E-state index in [1.807, 2.05) is 0 Å². The molecular formula is C16H26N2O. The predicted molar refractivity (Wildman–Crippen MR) is 80.1 cm³/mol. The zero-order valence-electron chi connectivity index (χ0n) is 12.6. The summed E-state index contributed by atoms with van der Waals surface area (Å²) < 4.78 is 5.54. The van der Waals surface area contributed by atoms with Crippen molar-refractivity contribution in [1.29, 1.82) is 0 Å². The molecule has 1 aromatic rings. The quantitative estimate of drug-likeness (QED) is 0.900. The van der Waals surface area contributed by atoms with Crippen molar-refractivity contribution in [2.75, 3.05) is 33.3 Å². The van der Waals surface area contributed by atoms with E-state index in [0.717, 1.165) is 38.3 Å². The summed E-state index contributed by atoms with van der Waals surface area (Å²) in [5.74, 6) is 1.03. The van der Waals surface area contributed by atoms with E-state index < -0.39 is 0 Å². The van der Waals surface area contributed by atoms with Crippen LogP contribution in [0.4, 0.5) is 0 Å². The van der Waals surface area contributed by atoms with Gasteiger partial charge in [-0.3, -0.25) is 4.90 Å². The van der Waals surface area contributed by atoms with E-state index in [0.29, 0.717) is 6.04 Å². The fraction of sp³-hybridized carbons (Fsp3) is 0.625. The molecule has 1 unspecified atom stereocenters. The molecular weight excluding hydrogens is 236 g/mol. The molecule has 2 rings (SSSR count). The van der Waals surface area contributed by atoms with Gasteiger partial charge < -0.3 is 10.1 Å². The van der Waals surface area contributed by atoms with Crippen LogP contribution in [0, 0.1) is 13.8 Å². The van der Waals surface area contributed by atoms with Crippen LogP contribution < -0.4 is 10.1 Å². The van der Waals surface area contributed by atoms with Gasteiger partial charge in [0.25, 0.3) is 0 Å². The lowest BCUT2D eigenvalue weighted by Gasteiger charge is -2.33. The van der Waals surface area contributed by atoms with Gasteiger partial charge in [0.15, 0.2) is 0 Å². The molecule has 0 aliphatic carbocycles. The van der Waals surface area contributed by atoms with Crippen molar-refractivity contribution < 1.29 is 4.74 Å². The number of hydrogen-bond donors (Lipinski definition) is 1. The van der Waals surface area contributed by atoms with Crippen molar-refractivity contribution in [1.82, 2.24) is 10.2 Å². The Balaban J connectivity index is 2.10. The summed E-state index contributed by atoms with van der Waals surface area (Å²) in [7, 11) is 1.77. The van der Waals surface area contributed by atoms with Crippen molar-refractivity contribution in [3.8, 4) is 5.75 Å². The summed E-state index contributed by atoms with van der Waals surface area (Å²) in [6.45, 7) is 11.1. The van der Waals surface area contributed by atoms with Gasteiger partial charge in [-0.25, -0.2) is 0 Å². The van der Waals surface area contributed by atoms with Gasteiger partial charge >= 0.3 is 0 Å². The molecule has 1 heterocycles. The van der Waals surface area contributed by atoms with E-state index in [4.69, 9.17) is 4.74 Å². The zero-order chi connectivity index (χ0) is 13.8. The molecule has 19 heavy (non-hydrogen) atoms. The smallest absolute Gasteiger partial charge is 0.122 e.